The van der Waals surface area contributed by atoms with E-state index >= 15 is 0 Å². The molecule has 1 N–H and O–H groups in total. The van der Waals surface area contributed by atoms with Crippen LogP contribution in [-0.2, 0) is 10.0 Å². The molecule has 0 unspecified atom stereocenters. The minimum Gasteiger partial charge on any atom is -0.495 e. The maximum Gasteiger partial charge on any atom is 0.265 e. The third kappa shape index (κ3) is 4.62. The van der Waals surface area contributed by atoms with Crippen molar-refractivity contribution in [2.45, 2.75) is 4.90 Å². The number of amides is 1. The van der Waals surface area contributed by atoms with Gasteiger partial charge in [0.2, 0.25) is 10.0 Å². The van der Waals surface area contributed by atoms with Crippen molar-refractivity contribution < 1.29 is 17.9 Å². The fourth-order valence-electron chi connectivity index (χ4n) is 2.57. The summed E-state index contributed by atoms with van der Waals surface area (Å²) in [5.41, 5.74) is 1.32. The maximum atomic E-state index is 12.6. The number of sulfonamides is 1. The molecule has 9 heteroatoms. The molecule has 6 nitrogen and oxygen atoms in total. The topological polar surface area (TPSA) is 75.7 Å². The van der Waals surface area contributed by atoms with Gasteiger partial charge in [-0.05, 0) is 48.0 Å². The highest BCUT2D eigenvalue weighted by Gasteiger charge is 2.23. The second-order valence-electron chi connectivity index (χ2n) is 6.28. The largest absolute Gasteiger partial charge is 0.495 e. The molecule has 2 aromatic carbocycles. The van der Waals surface area contributed by atoms with Crippen LogP contribution in [0.3, 0.4) is 0 Å². The summed E-state index contributed by atoms with van der Waals surface area (Å²) in [6.07, 6.45) is 0. The van der Waals surface area contributed by atoms with Gasteiger partial charge in [-0.2, -0.15) is 0 Å². The van der Waals surface area contributed by atoms with Crippen molar-refractivity contribution in [2.75, 3.05) is 26.5 Å². The van der Waals surface area contributed by atoms with E-state index < -0.39 is 10.0 Å². The van der Waals surface area contributed by atoms with Crippen molar-refractivity contribution in [3.63, 3.8) is 0 Å². The summed E-state index contributed by atoms with van der Waals surface area (Å²) in [5.74, 6) is -0.119. The van der Waals surface area contributed by atoms with Crippen LogP contribution in [0, 0.1) is 0 Å². The summed E-state index contributed by atoms with van der Waals surface area (Å²) in [6, 6.07) is 15.4. The minimum absolute atomic E-state index is 0.0177. The lowest BCUT2D eigenvalue weighted by Crippen LogP contribution is -2.23. The molecule has 0 atom stereocenters. The molecule has 1 aromatic heterocycles. The number of carbonyl (C=O) groups is 1. The SMILES string of the molecule is COc1ccc(NC(=O)c2ccc(-c3ccc(Cl)cc3)s2)cc1S(=O)(=O)N(C)C. The number of nitrogens with zero attached hydrogens (tertiary/aromatic N) is 1. The van der Waals surface area contributed by atoms with E-state index in [1.807, 2.05) is 18.2 Å². The normalized spacial score (nSPS) is 11.5. The van der Waals surface area contributed by atoms with Crippen molar-refractivity contribution in [3.8, 4) is 16.2 Å². The van der Waals surface area contributed by atoms with Gasteiger partial charge in [0.05, 0.1) is 12.0 Å². The Morgan fingerprint density at radius 1 is 1.07 bits per heavy atom. The Morgan fingerprint density at radius 3 is 2.38 bits per heavy atom. The summed E-state index contributed by atoms with van der Waals surface area (Å²) >= 11 is 7.25. The first-order chi connectivity index (χ1) is 13.7. The molecule has 3 aromatic rings. The van der Waals surface area contributed by atoms with Crippen LogP contribution in [0.2, 0.25) is 5.02 Å². The van der Waals surface area contributed by atoms with Crippen LogP contribution in [0.4, 0.5) is 5.69 Å². The van der Waals surface area contributed by atoms with Crippen molar-refractivity contribution in [1.29, 1.82) is 0 Å². The Hall–Kier alpha value is -2.39. The molecule has 0 aliphatic rings. The second kappa shape index (κ2) is 8.54. The quantitative estimate of drug-likeness (QED) is 0.596. The summed E-state index contributed by atoms with van der Waals surface area (Å²) in [4.78, 5) is 14.1. The predicted octanol–water partition coefficient (Wildman–Crippen LogP) is 4.58. The molecule has 0 spiro atoms. The summed E-state index contributed by atoms with van der Waals surface area (Å²) in [6.45, 7) is 0. The monoisotopic (exact) mass is 450 g/mol. The zero-order valence-corrected chi connectivity index (χ0v) is 18.4. The summed E-state index contributed by atoms with van der Waals surface area (Å²) in [7, 11) is 0.535. The van der Waals surface area contributed by atoms with Crippen LogP contribution in [0.5, 0.6) is 5.75 Å². The first-order valence-electron chi connectivity index (χ1n) is 8.50. The highest BCUT2D eigenvalue weighted by Crippen LogP contribution is 2.31. The molecule has 0 saturated heterocycles. The molecule has 0 radical (unpaired) electrons. The van der Waals surface area contributed by atoms with Gasteiger partial charge in [-0.3, -0.25) is 4.79 Å². The Balaban J connectivity index is 1.85. The zero-order valence-electron chi connectivity index (χ0n) is 16.0. The van der Waals surface area contributed by atoms with Gasteiger partial charge in [-0.1, -0.05) is 23.7 Å². The van der Waals surface area contributed by atoms with Gasteiger partial charge in [0, 0.05) is 29.7 Å². The predicted molar refractivity (Wildman–Crippen MR) is 117 cm³/mol. The molecule has 0 fully saturated rings. The van der Waals surface area contributed by atoms with Gasteiger partial charge in [0.15, 0.2) is 0 Å². The fourth-order valence-corrected chi connectivity index (χ4v) is 4.68. The van der Waals surface area contributed by atoms with E-state index in [9.17, 15) is 13.2 Å². The van der Waals surface area contributed by atoms with E-state index in [1.165, 1.54) is 44.7 Å². The van der Waals surface area contributed by atoms with Crippen LogP contribution < -0.4 is 10.1 Å². The van der Waals surface area contributed by atoms with E-state index in [0.29, 0.717) is 15.6 Å². The van der Waals surface area contributed by atoms with E-state index in [-0.39, 0.29) is 16.6 Å². The first-order valence-corrected chi connectivity index (χ1v) is 11.1. The van der Waals surface area contributed by atoms with Gasteiger partial charge in [-0.25, -0.2) is 12.7 Å². The van der Waals surface area contributed by atoms with Gasteiger partial charge in [-0.15, -0.1) is 11.3 Å². The van der Waals surface area contributed by atoms with E-state index in [0.717, 1.165) is 14.7 Å². The molecule has 152 valence electrons. The van der Waals surface area contributed by atoms with E-state index in [4.69, 9.17) is 16.3 Å². The van der Waals surface area contributed by atoms with Gasteiger partial charge >= 0.3 is 0 Å². The lowest BCUT2D eigenvalue weighted by molar-refractivity contribution is 0.103. The number of benzene rings is 2. The molecule has 29 heavy (non-hydrogen) atoms. The van der Waals surface area contributed by atoms with Crippen molar-refractivity contribution in [3.05, 3.63) is 64.5 Å². The standard InChI is InChI=1S/C20H19ClN2O4S2/c1-23(2)29(25,26)19-12-15(8-9-16(19)27-3)22-20(24)18-11-10-17(28-18)13-4-6-14(21)7-5-13/h4-12H,1-3H3,(H,22,24). The van der Waals surface area contributed by atoms with Crippen LogP contribution in [-0.4, -0.2) is 39.8 Å². The number of thiophene rings is 1. The second-order valence-corrected chi connectivity index (χ2v) is 9.92. The van der Waals surface area contributed by atoms with Gasteiger partial charge in [0.25, 0.3) is 5.91 Å². The maximum absolute atomic E-state index is 12.6. The van der Waals surface area contributed by atoms with Crippen LogP contribution >= 0.6 is 22.9 Å². The van der Waals surface area contributed by atoms with Crippen molar-refractivity contribution in [2.24, 2.45) is 0 Å². The Labute approximate surface area is 178 Å². The van der Waals surface area contributed by atoms with E-state index in [1.54, 1.807) is 24.3 Å². The van der Waals surface area contributed by atoms with Crippen molar-refractivity contribution in [1.82, 2.24) is 4.31 Å². The van der Waals surface area contributed by atoms with Crippen LogP contribution in [0.1, 0.15) is 9.67 Å². The number of hydrogen-bond donors (Lipinski definition) is 1. The molecular weight excluding hydrogens is 432 g/mol. The first kappa shape index (κ1) is 21.3. The molecule has 0 saturated carbocycles. The lowest BCUT2D eigenvalue weighted by Gasteiger charge is -2.15. The Morgan fingerprint density at radius 2 is 1.76 bits per heavy atom. The molecule has 1 amide bonds. The number of rotatable bonds is 6. The summed E-state index contributed by atoms with van der Waals surface area (Å²) in [5, 5.41) is 3.39. The highest BCUT2D eigenvalue weighted by atomic mass is 35.5. The van der Waals surface area contributed by atoms with Gasteiger partial charge < -0.3 is 10.1 Å². The molecular formula is C20H19ClN2O4S2. The van der Waals surface area contributed by atoms with Gasteiger partial charge in [0.1, 0.15) is 10.6 Å². The smallest absolute Gasteiger partial charge is 0.265 e. The minimum atomic E-state index is -3.73. The molecule has 0 aliphatic carbocycles. The summed E-state index contributed by atoms with van der Waals surface area (Å²) < 4.78 is 31.3. The zero-order chi connectivity index (χ0) is 21.2. The number of ether oxygens (including phenoxy) is 1. The lowest BCUT2D eigenvalue weighted by atomic mass is 10.2. The van der Waals surface area contributed by atoms with E-state index in [2.05, 4.69) is 5.32 Å². The van der Waals surface area contributed by atoms with Crippen molar-refractivity contribution >= 4 is 44.6 Å². The van der Waals surface area contributed by atoms with Crippen LogP contribution in [0.15, 0.2) is 59.5 Å². The number of hydrogen-bond acceptors (Lipinski definition) is 5. The fraction of sp³-hybridized carbons (Fsp3) is 0.150. The average molecular weight is 451 g/mol. The Bertz CT molecular complexity index is 1140. The highest BCUT2D eigenvalue weighted by molar-refractivity contribution is 7.89. The Kier molecular flexibility index (Phi) is 6.28. The number of nitrogens with one attached hydrogen (secondary N) is 1. The molecule has 3 rings (SSSR count). The molecule has 1 heterocycles. The number of methoxy groups -OCH3 is 1. The van der Waals surface area contributed by atoms with Crippen LogP contribution in [0.25, 0.3) is 10.4 Å². The average Bonchev–Trinajstić information content (AvgIpc) is 3.18. The third-order valence-electron chi connectivity index (χ3n) is 4.14. The number of anilines is 1. The molecule has 0 bridgehead atoms. The number of halogens is 1. The third-order valence-corrected chi connectivity index (χ3v) is 7.36. The molecule has 0 aliphatic heterocycles. The number of carbonyl (C=O) groups excluding carboxylic acids is 1.